The number of aromatic nitrogens is 2. The van der Waals surface area contributed by atoms with Gasteiger partial charge in [-0.2, -0.15) is 0 Å². The molecule has 0 spiro atoms. The summed E-state index contributed by atoms with van der Waals surface area (Å²) in [4.78, 5) is 14.8. The van der Waals surface area contributed by atoms with Gasteiger partial charge in [-0.1, -0.05) is 0 Å². The first-order valence-corrected chi connectivity index (χ1v) is 5.70. The molecule has 1 aliphatic rings. The molecule has 1 aliphatic heterocycles. The molecule has 1 unspecified atom stereocenters. The lowest BCUT2D eigenvalue weighted by molar-refractivity contribution is -0.205. The molecule has 2 rings (SSSR count). The molecule has 1 aromatic rings. The molecule has 19 heavy (non-hydrogen) atoms. The van der Waals surface area contributed by atoms with E-state index in [-0.39, 0.29) is 17.9 Å². The van der Waals surface area contributed by atoms with Crippen molar-refractivity contribution in [2.45, 2.75) is 31.0 Å². The standard InChI is InChI=1S/C10H16N4O5/c11-8-7(9(12)18)13-3-14(8)10-5(17)1-4(16)6(2-15)19-10/h3-6,10,15-17H,1-2,11H2,(H2,12,18)/t4-,5+,6-,10?/m1/s1. The Balaban J connectivity index is 2.28. The molecule has 1 aromatic heterocycles. The number of carbonyl (C=O) groups excluding carboxylic acids is 1. The van der Waals surface area contributed by atoms with E-state index in [1.54, 1.807) is 0 Å². The molecule has 1 fully saturated rings. The third-order valence-corrected chi connectivity index (χ3v) is 3.08. The molecule has 4 atom stereocenters. The first kappa shape index (κ1) is 13.7. The highest BCUT2D eigenvalue weighted by molar-refractivity contribution is 5.95. The average Bonchev–Trinajstić information content (AvgIpc) is 2.71. The molecule has 1 amide bonds. The molecule has 9 nitrogen and oxygen atoms in total. The van der Waals surface area contributed by atoms with Gasteiger partial charge >= 0.3 is 0 Å². The molecule has 0 saturated carbocycles. The summed E-state index contributed by atoms with van der Waals surface area (Å²) >= 11 is 0. The number of nitrogen functional groups attached to an aromatic ring is 1. The number of rotatable bonds is 3. The fraction of sp³-hybridized carbons (Fsp3) is 0.600. The summed E-state index contributed by atoms with van der Waals surface area (Å²) in [6, 6.07) is 0. The summed E-state index contributed by atoms with van der Waals surface area (Å²) in [6.45, 7) is -0.401. The van der Waals surface area contributed by atoms with Gasteiger partial charge in [0.1, 0.15) is 18.0 Å². The van der Waals surface area contributed by atoms with Crippen LogP contribution in [0.2, 0.25) is 0 Å². The van der Waals surface area contributed by atoms with Gasteiger partial charge in [-0.15, -0.1) is 0 Å². The van der Waals surface area contributed by atoms with E-state index in [0.717, 1.165) is 0 Å². The number of aliphatic hydroxyl groups is 3. The molecule has 2 heterocycles. The molecule has 0 aromatic carbocycles. The Bertz CT molecular complexity index is 476. The number of aliphatic hydroxyl groups excluding tert-OH is 3. The Hall–Kier alpha value is -1.68. The van der Waals surface area contributed by atoms with Crippen molar-refractivity contribution in [1.82, 2.24) is 9.55 Å². The number of carbonyl (C=O) groups is 1. The highest BCUT2D eigenvalue weighted by atomic mass is 16.5. The molecule has 1 saturated heterocycles. The van der Waals surface area contributed by atoms with E-state index >= 15 is 0 Å². The van der Waals surface area contributed by atoms with Crippen LogP contribution in [-0.4, -0.2) is 55.7 Å². The topological polar surface area (TPSA) is 157 Å². The SMILES string of the molecule is NC(=O)c1ncn(C2O[C@H](CO)[C@H](O)C[C@@H]2O)c1N. The van der Waals surface area contributed by atoms with E-state index < -0.39 is 37.1 Å². The maximum atomic E-state index is 11.1. The number of amides is 1. The second kappa shape index (κ2) is 5.13. The van der Waals surface area contributed by atoms with Crippen molar-refractivity contribution in [1.29, 1.82) is 0 Å². The summed E-state index contributed by atoms with van der Waals surface area (Å²) < 4.78 is 6.61. The van der Waals surface area contributed by atoms with E-state index in [1.165, 1.54) is 10.9 Å². The van der Waals surface area contributed by atoms with Gasteiger partial charge < -0.3 is 31.5 Å². The van der Waals surface area contributed by atoms with Crippen LogP contribution in [0, 0.1) is 0 Å². The lowest BCUT2D eigenvalue weighted by Crippen LogP contribution is -2.46. The van der Waals surface area contributed by atoms with Gasteiger partial charge in [0, 0.05) is 6.42 Å². The van der Waals surface area contributed by atoms with Crippen LogP contribution in [0.3, 0.4) is 0 Å². The third kappa shape index (κ3) is 2.40. The average molecular weight is 272 g/mol. The molecule has 0 aliphatic carbocycles. The predicted octanol–water partition coefficient (Wildman–Crippen LogP) is -2.43. The number of imidazole rings is 1. The Morgan fingerprint density at radius 2 is 2.21 bits per heavy atom. The zero-order valence-electron chi connectivity index (χ0n) is 10.0. The quantitative estimate of drug-likeness (QED) is 0.409. The van der Waals surface area contributed by atoms with Gasteiger partial charge in [0.05, 0.1) is 19.0 Å². The Labute approximate surface area is 108 Å². The van der Waals surface area contributed by atoms with Crippen molar-refractivity contribution < 1.29 is 24.9 Å². The minimum Gasteiger partial charge on any atom is -0.394 e. The van der Waals surface area contributed by atoms with Crippen LogP contribution in [-0.2, 0) is 4.74 Å². The van der Waals surface area contributed by atoms with Crippen molar-refractivity contribution in [3.63, 3.8) is 0 Å². The molecular weight excluding hydrogens is 256 g/mol. The number of nitrogens with zero attached hydrogens (tertiary/aromatic N) is 2. The summed E-state index contributed by atoms with van der Waals surface area (Å²) in [5.74, 6) is -0.829. The maximum Gasteiger partial charge on any atom is 0.271 e. The highest BCUT2D eigenvalue weighted by Crippen LogP contribution is 2.30. The zero-order valence-corrected chi connectivity index (χ0v) is 10.0. The summed E-state index contributed by atoms with van der Waals surface area (Å²) in [6.07, 6.45) is -2.57. The van der Waals surface area contributed by atoms with Gasteiger partial charge in [-0.05, 0) is 0 Å². The molecule has 0 bridgehead atoms. The van der Waals surface area contributed by atoms with Crippen LogP contribution in [0.4, 0.5) is 5.82 Å². The summed E-state index contributed by atoms with van der Waals surface area (Å²) in [5.41, 5.74) is 10.7. The van der Waals surface area contributed by atoms with Crippen molar-refractivity contribution >= 4 is 11.7 Å². The lowest BCUT2D eigenvalue weighted by Gasteiger charge is -2.37. The number of anilines is 1. The first-order valence-electron chi connectivity index (χ1n) is 5.70. The van der Waals surface area contributed by atoms with Gasteiger partial charge in [0.2, 0.25) is 0 Å². The zero-order chi connectivity index (χ0) is 14.2. The van der Waals surface area contributed by atoms with Gasteiger partial charge in [-0.3, -0.25) is 9.36 Å². The van der Waals surface area contributed by atoms with E-state index in [4.69, 9.17) is 21.3 Å². The second-order valence-electron chi connectivity index (χ2n) is 4.37. The van der Waals surface area contributed by atoms with Gasteiger partial charge in [0.15, 0.2) is 11.9 Å². The molecule has 9 heteroatoms. The summed E-state index contributed by atoms with van der Waals surface area (Å²) in [7, 11) is 0. The molecular formula is C10H16N4O5. The van der Waals surface area contributed by atoms with Crippen molar-refractivity contribution in [3.05, 3.63) is 12.0 Å². The van der Waals surface area contributed by atoms with Crippen LogP contribution in [0.25, 0.3) is 0 Å². The molecule has 7 N–H and O–H groups in total. The lowest BCUT2D eigenvalue weighted by atomic mass is 10.0. The highest BCUT2D eigenvalue weighted by Gasteiger charge is 2.38. The normalized spacial score (nSPS) is 31.3. The first-order chi connectivity index (χ1) is 8.95. The van der Waals surface area contributed by atoms with Crippen LogP contribution in [0.5, 0.6) is 0 Å². The summed E-state index contributed by atoms with van der Waals surface area (Å²) in [5, 5.41) is 28.6. The van der Waals surface area contributed by atoms with E-state index in [2.05, 4.69) is 4.98 Å². The Kier molecular flexibility index (Phi) is 3.71. The minimum absolute atomic E-state index is 0.0133. The number of primary amides is 1. The fourth-order valence-corrected chi connectivity index (χ4v) is 2.05. The smallest absolute Gasteiger partial charge is 0.271 e. The van der Waals surface area contributed by atoms with Crippen LogP contribution < -0.4 is 11.5 Å². The maximum absolute atomic E-state index is 11.1. The number of nitrogens with two attached hydrogens (primary N) is 2. The van der Waals surface area contributed by atoms with Crippen LogP contribution in [0.15, 0.2) is 6.33 Å². The Morgan fingerprint density at radius 3 is 2.74 bits per heavy atom. The monoisotopic (exact) mass is 272 g/mol. The van der Waals surface area contributed by atoms with Crippen molar-refractivity contribution in [2.75, 3.05) is 12.3 Å². The second-order valence-corrected chi connectivity index (χ2v) is 4.37. The van der Waals surface area contributed by atoms with E-state index in [1.807, 2.05) is 0 Å². The minimum atomic E-state index is -1.05. The van der Waals surface area contributed by atoms with Crippen LogP contribution >= 0.6 is 0 Å². The molecule has 0 radical (unpaired) electrons. The number of hydrogen-bond donors (Lipinski definition) is 5. The Morgan fingerprint density at radius 1 is 1.53 bits per heavy atom. The van der Waals surface area contributed by atoms with Crippen LogP contribution in [0.1, 0.15) is 23.1 Å². The predicted molar refractivity (Wildman–Crippen MR) is 62.8 cm³/mol. The van der Waals surface area contributed by atoms with E-state index in [0.29, 0.717) is 0 Å². The largest absolute Gasteiger partial charge is 0.394 e. The van der Waals surface area contributed by atoms with Crippen molar-refractivity contribution in [3.8, 4) is 0 Å². The van der Waals surface area contributed by atoms with Gasteiger partial charge in [-0.25, -0.2) is 4.98 Å². The van der Waals surface area contributed by atoms with Gasteiger partial charge in [0.25, 0.3) is 5.91 Å². The van der Waals surface area contributed by atoms with Crippen molar-refractivity contribution in [2.24, 2.45) is 5.73 Å². The van der Waals surface area contributed by atoms with E-state index in [9.17, 15) is 15.0 Å². The molecule has 106 valence electrons. The third-order valence-electron chi connectivity index (χ3n) is 3.08. The number of hydrogen-bond acceptors (Lipinski definition) is 7. The fourth-order valence-electron chi connectivity index (χ4n) is 2.05. The number of ether oxygens (including phenoxy) is 1.